The smallest absolute Gasteiger partial charge is 0.337 e. The van der Waals surface area contributed by atoms with Crippen LogP contribution in [0.4, 0.5) is 0 Å². The molecule has 0 radical (unpaired) electrons. The molecule has 2 rings (SSSR count). The molecular weight excluding hydrogens is 270 g/mol. The molecular formula is C15H19N3O3. The molecule has 1 aromatic heterocycles. The van der Waals surface area contributed by atoms with Gasteiger partial charge in [-0.3, -0.25) is 4.79 Å². The van der Waals surface area contributed by atoms with Gasteiger partial charge in [-0.25, -0.2) is 9.78 Å². The van der Waals surface area contributed by atoms with Crippen LogP contribution in [0, 0.1) is 6.92 Å². The average Bonchev–Trinajstić information content (AvgIpc) is 2.70. The third-order valence-electron chi connectivity index (χ3n) is 3.21. The maximum absolute atomic E-state index is 11.7. The number of aromatic carboxylic acids is 1. The predicted molar refractivity (Wildman–Crippen MR) is 79.3 cm³/mol. The third-order valence-corrected chi connectivity index (χ3v) is 3.21. The normalized spacial score (nSPS) is 11.0. The van der Waals surface area contributed by atoms with Crippen molar-refractivity contribution in [1.82, 2.24) is 14.9 Å². The fourth-order valence-corrected chi connectivity index (χ4v) is 2.33. The van der Waals surface area contributed by atoms with Gasteiger partial charge in [-0.2, -0.15) is 0 Å². The molecule has 112 valence electrons. The highest BCUT2D eigenvalue weighted by atomic mass is 16.4. The summed E-state index contributed by atoms with van der Waals surface area (Å²) in [5.41, 5.74) is 1.39. The van der Waals surface area contributed by atoms with E-state index in [1.165, 1.54) is 6.07 Å². The van der Waals surface area contributed by atoms with E-state index in [2.05, 4.69) is 10.3 Å². The van der Waals surface area contributed by atoms with E-state index in [0.29, 0.717) is 24.3 Å². The molecule has 21 heavy (non-hydrogen) atoms. The molecule has 6 nitrogen and oxygen atoms in total. The molecule has 1 aromatic carbocycles. The summed E-state index contributed by atoms with van der Waals surface area (Å²) >= 11 is 0. The molecule has 1 heterocycles. The van der Waals surface area contributed by atoms with Crippen LogP contribution in [-0.2, 0) is 11.3 Å². The molecule has 0 aliphatic rings. The Morgan fingerprint density at radius 3 is 2.71 bits per heavy atom. The first kappa shape index (κ1) is 15.0. The first-order valence-electron chi connectivity index (χ1n) is 6.88. The first-order chi connectivity index (χ1) is 9.90. The van der Waals surface area contributed by atoms with E-state index in [4.69, 9.17) is 0 Å². The number of para-hydroxylation sites is 1. The Morgan fingerprint density at radius 2 is 2.10 bits per heavy atom. The number of nitrogens with zero attached hydrogens (tertiary/aromatic N) is 2. The number of imidazole rings is 1. The molecule has 0 unspecified atom stereocenters. The number of carboxylic acids is 1. The van der Waals surface area contributed by atoms with Gasteiger partial charge in [-0.05, 0) is 32.9 Å². The zero-order valence-corrected chi connectivity index (χ0v) is 12.4. The van der Waals surface area contributed by atoms with E-state index in [-0.39, 0.29) is 17.5 Å². The molecule has 6 heteroatoms. The number of hydrogen-bond donors (Lipinski definition) is 2. The van der Waals surface area contributed by atoms with Gasteiger partial charge in [0.1, 0.15) is 11.3 Å². The predicted octanol–water partition coefficient (Wildman–Crippen LogP) is 1.96. The van der Waals surface area contributed by atoms with Crippen LogP contribution in [0.2, 0.25) is 0 Å². The monoisotopic (exact) mass is 289 g/mol. The number of aryl methyl sites for hydroxylation is 2. The molecule has 2 N–H and O–H groups in total. The second-order valence-electron chi connectivity index (χ2n) is 5.26. The fourth-order valence-electron chi connectivity index (χ4n) is 2.33. The lowest BCUT2D eigenvalue weighted by atomic mass is 10.2. The lowest BCUT2D eigenvalue weighted by Gasteiger charge is -2.10. The summed E-state index contributed by atoms with van der Waals surface area (Å²) in [4.78, 5) is 27.3. The van der Waals surface area contributed by atoms with Crippen LogP contribution in [0.1, 0.15) is 36.5 Å². The molecule has 0 aliphatic heterocycles. The zero-order chi connectivity index (χ0) is 15.6. The molecule has 0 saturated carbocycles. The van der Waals surface area contributed by atoms with Crippen LogP contribution in [0.5, 0.6) is 0 Å². The van der Waals surface area contributed by atoms with Crippen LogP contribution < -0.4 is 5.32 Å². The zero-order valence-electron chi connectivity index (χ0n) is 12.4. The number of aromatic nitrogens is 2. The Hall–Kier alpha value is -2.37. The molecule has 1 amide bonds. The van der Waals surface area contributed by atoms with Gasteiger partial charge < -0.3 is 15.0 Å². The van der Waals surface area contributed by atoms with Gasteiger partial charge in [-0.15, -0.1) is 0 Å². The lowest BCUT2D eigenvalue weighted by Crippen LogP contribution is -2.30. The molecule has 0 fully saturated rings. The number of carbonyl (C=O) groups is 2. The Labute approximate surface area is 122 Å². The van der Waals surface area contributed by atoms with Crippen LogP contribution in [0.15, 0.2) is 18.2 Å². The van der Waals surface area contributed by atoms with E-state index >= 15 is 0 Å². The molecule has 0 saturated heterocycles. The van der Waals surface area contributed by atoms with Crippen LogP contribution >= 0.6 is 0 Å². The highest BCUT2D eigenvalue weighted by molar-refractivity contribution is 6.01. The fraction of sp³-hybridized carbons (Fsp3) is 0.400. The lowest BCUT2D eigenvalue weighted by molar-refractivity contribution is -0.121. The van der Waals surface area contributed by atoms with E-state index in [9.17, 15) is 14.7 Å². The quantitative estimate of drug-likeness (QED) is 0.881. The molecule has 0 spiro atoms. The second-order valence-corrected chi connectivity index (χ2v) is 5.26. The minimum Gasteiger partial charge on any atom is -0.478 e. The molecule has 2 aromatic rings. The number of amides is 1. The van der Waals surface area contributed by atoms with Gasteiger partial charge in [0, 0.05) is 19.0 Å². The highest BCUT2D eigenvalue weighted by Crippen LogP contribution is 2.20. The average molecular weight is 289 g/mol. The maximum Gasteiger partial charge on any atom is 0.337 e. The number of carboxylic acid groups (broad SMARTS) is 1. The van der Waals surface area contributed by atoms with Crippen LogP contribution in [0.3, 0.4) is 0 Å². The number of hydrogen-bond acceptors (Lipinski definition) is 3. The van der Waals surface area contributed by atoms with Gasteiger partial charge in [0.2, 0.25) is 5.91 Å². The molecule has 0 bridgehead atoms. The SMILES string of the molecule is Cc1nc2c(C(=O)O)cccc2n1CCC(=O)NC(C)C. The Bertz CT molecular complexity index is 689. The van der Waals surface area contributed by atoms with Crippen LogP contribution in [-0.4, -0.2) is 32.6 Å². The Morgan fingerprint density at radius 1 is 1.38 bits per heavy atom. The van der Waals surface area contributed by atoms with Crippen molar-refractivity contribution in [3.05, 3.63) is 29.6 Å². The van der Waals surface area contributed by atoms with Gasteiger partial charge in [0.15, 0.2) is 0 Å². The third kappa shape index (κ3) is 3.21. The minimum absolute atomic E-state index is 0.0272. The van der Waals surface area contributed by atoms with Crippen molar-refractivity contribution < 1.29 is 14.7 Å². The maximum atomic E-state index is 11.7. The minimum atomic E-state index is -0.997. The van der Waals surface area contributed by atoms with Crippen molar-refractivity contribution in [3.63, 3.8) is 0 Å². The number of fused-ring (bicyclic) bond motifs is 1. The van der Waals surface area contributed by atoms with Gasteiger partial charge in [-0.1, -0.05) is 6.07 Å². The largest absolute Gasteiger partial charge is 0.478 e. The summed E-state index contributed by atoms with van der Waals surface area (Å²) in [5.74, 6) is -0.320. The summed E-state index contributed by atoms with van der Waals surface area (Å²) in [6.07, 6.45) is 0.335. The van der Waals surface area contributed by atoms with E-state index in [1.54, 1.807) is 6.07 Å². The van der Waals surface area contributed by atoms with Gasteiger partial charge >= 0.3 is 5.97 Å². The van der Waals surface area contributed by atoms with E-state index < -0.39 is 5.97 Å². The number of carbonyl (C=O) groups excluding carboxylic acids is 1. The topological polar surface area (TPSA) is 84.2 Å². The highest BCUT2D eigenvalue weighted by Gasteiger charge is 2.15. The Balaban J connectivity index is 2.28. The van der Waals surface area contributed by atoms with E-state index in [1.807, 2.05) is 31.4 Å². The Kier molecular flexibility index (Phi) is 4.26. The standard InChI is InChI=1S/C15H19N3O3/c1-9(2)16-13(19)7-8-18-10(3)17-14-11(15(20)21)5-4-6-12(14)18/h4-6,9H,7-8H2,1-3H3,(H,16,19)(H,20,21). The van der Waals surface area contributed by atoms with Crippen molar-refractivity contribution in [2.75, 3.05) is 0 Å². The summed E-state index contributed by atoms with van der Waals surface area (Å²) in [6.45, 7) is 6.11. The summed E-state index contributed by atoms with van der Waals surface area (Å²) in [7, 11) is 0. The van der Waals surface area contributed by atoms with Gasteiger partial charge in [0.25, 0.3) is 0 Å². The van der Waals surface area contributed by atoms with Crippen molar-refractivity contribution in [2.24, 2.45) is 0 Å². The van der Waals surface area contributed by atoms with E-state index in [0.717, 1.165) is 5.52 Å². The number of benzene rings is 1. The molecule has 0 atom stereocenters. The van der Waals surface area contributed by atoms with Gasteiger partial charge in [0.05, 0.1) is 11.1 Å². The number of nitrogens with one attached hydrogen (secondary N) is 1. The van der Waals surface area contributed by atoms with Crippen molar-refractivity contribution in [3.8, 4) is 0 Å². The molecule has 0 aliphatic carbocycles. The van der Waals surface area contributed by atoms with Crippen molar-refractivity contribution in [1.29, 1.82) is 0 Å². The first-order valence-corrected chi connectivity index (χ1v) is 6.88. The summed E-state index contributed by atoms with van der Waals surface area (Å²) in [5, 5.41) is 12.0. The van der Waals surface area contributed by atoms with Crippen molar-refractivity contribution >= 4 is 22.9 Å². The van der Waals surface area contributed by atoms with Crippen LogP contribution in [0.25, 0.3) is 11.0 Å². The summed E-state index contributed by atoms with van der Waals surface area (Å²) in [6, 6.07) is 5.16. The summed E-state index contributed by atoms with van der Waals surface area (Å²) < 4.78 is 1.88. The van der Waals surface area contributed by atoms with Crippen molar-refractivity contribution in [2.45, 2.75) is 39.8 Å². The number of rotatable bonds is 5. The second kappa shape index (κ2) is 5.95.